The zero-order chi connectivity index (χ0) is 8.31. The highest BCUT2D eigenvalue weighted by molar-refractivity contribution is 6.82. The molecule has 0 radical (unpaired) electrons. The zero-order valence-electron chi connectivity index (χ0n) is 6.40. The second-order valence-corrected chi connectivity index (χ2v) is 2.75. The first-order chi connectivity index (χ1) is 4.46. The minimum atomic E-state index is -0.212. The van der Waals surface area contributed by atoms with E-state index >= 15 is 0 Å². The van der Waals surface area contributed by atoms with Crippen molar-refractivity contribution in [3.8, 4) is 0 Å². The molecule has 0 aromatic carbocycles. The van der Waals surface area contributed by atoms with Gasteiger partial charge in [0.2, 0.25) is 0 Å². The topological polar surface area (TPSA) is 50.9 Å². The molecule has 0 aromatic heterocycles. The summed E-state index contributed by atoms with van der Waals surface area (Å²) >= 11 is 5.28. The third kappa shape index (κ3) is 2.35. The predicted octanol–water partition coefficient (Wildman–Crippen LogP) is 1.52. The fraction of sp³-hybridized carbons (Fsp3) is 0.667. The molecule has 0 saturated carbocycles. The smallest absolute Gasteiger partial charge is 0.163 e. The van der Waals surface area contributed by atoms with Gasteiger partial charge < -0.3 is 4.90 Å². The predicted molar refractivity (Wildman–Crippen MR) is 44.2 cm³/mol. The molecule has 0 aliphatic rings. The maximum Gasteiger partial charge on any atom is 0.163 e. The quantitative estimate of drug-likeness (QED) is 0.468. The second-order valence-electron chi connectivity index (χ2n) is 2.37. The SMILES string of the molecule is CC(C)N(C)C(=N)C(=N)Cl. The van der Waals surface area contributed by atoms with Gasteiger partial charge in [-0.1, -0.05) is 11.6 Å². The molecule has 0 saturated heterocycles. The maximum atomic E-state index is 7.25. The largest absolute Gasteiger partial charge is 0.355 e. The van der Waals surface area contributed by atoms with Crippen LogP contribution in [0.25, 0.3) is 0 Å². The van der Waals surface area contributed by atoms with Crippen molar-refractivity contribution < 1.29 is 0 Å². The van der Waals surface area contributed by atoms with Crippen LogP contribution in [0.5, 0.6) is 0 Å². The van der Waals surface area contributed by atoms with E-state index in [0.717, 1.165) is 0 Å². The molecule has 0 spiro atoms. The highest BCUT2D eigenvalue weighted by atomic mass is 35.5. The van der Waals surface area contributed by atoms with Crippen molar-refractivity contribution in [2.45, 2.75) is 19.9 Å². The summed E-state index contributed by atoms with van der Waals surface area (Å²) in [5, 5.41) is 14.0. The zero-order valence-corrected chi connectivity index (χ0v) is 7.16. The van der Waals surface area contributed by atoms with Gasteiger partial charge in [-0.2, -0.15) is 0 Å². The lowest BCUT2D eigenvalue weighted by Crippen LogP contribution is -2.35. The first-order valence-electron chi connectivity index (χ1n) is 3.02. The Morgan fingerprint density at radius 3 is 1.90 bits per heavy atom. The Hall–Kier alpha value is -0.570. The van der Waals surface area contributed by atoms with E-state index in [9.17, 15) is 0 Å². The van der Waals surface area contributed by atoms with Gasteiger partial charge in [-0.3, -0.25) is 10.8 Å². The van der Waals surface area contributed by atoms with Crippen LogP contribution >= 0.6 is 11.6 Å². The Labute approximate surface area is 66.0 Å². The minimum Gasteiger partial charge on any atom is -0.355 e. The molecule has 0 aliphatic heterocycles. The number of rotatable bonds is 2. The standard InChI is InChI=1S/C6H12ClN3/c1-4(2)10(3)6(9)5(7)8/h4,8-9H,1-3H3. The van der Waals surface area contributed by atoms with E-state index in [4.69, 9.17) is 22.4 Å². The van der Waals surface area contributed by atoms with Crippen LogP contribution in [-0.4, -0.2) is 29.0 Å². The molecule has 0 rings (SSSR count). The average Bonchev–Trinajstić information content (AvgIpc) is 1.84. The lowest BCUT2D eigenvalue weighted by Gasteiger charge is -2.22. The second kappa shape index (κ2) is 3.56. The van der Waals surface area contributed by atoms with Crippen LogP contribution in [0, 0.1) is 10.8 Å². The summed E-state index contributed by atoms with van der Waals surface area (Å²) in [7, 11) is 1.74. The van der Waals surface area contributed by atoms with E-state index < -0.39 is 0 Å². The molecule has 0 aliphatic carbocycles. The van der Waals surface area contributed by atoms with Crippen LogP contribution in [0.4, 0.5) is 0 Å². The average molecular weight is 162 g/mol. The Morgan fingerprint density at radius 2 is 1.80 bits per heavy atom. The fourth-order valence-corrected chi connectivity index (χ4v) is 0.546. The fourth-order valence-electron chi connectivity index (χ4n) is 0.413. The highest BCUT2D eigenvalue weighted by Gasteiger charge is 2.10. The molecule has 58 valence electrons. The van der Waals surface area contributed by atoms with Crippen molar-refractivity contribution in [1.82, 2.24) is 4.90 Å². The van der Waals surface area contributed by atoms with Crippen molar-refractivity contribution in [2.24, 2.45) is 0 Å². The molecule has 10 heavy (non-hydrogen) atoms. The van der Waals surface area contributed by atoms with E-state index in [1.807, 2.05) is 13.8 Å². The molecule has 0 amide bonds. The lowest BCUT2D eigenvalue weighted by atomic mass is 10.3. The van der Waals surface area contributed by atoms with Crippen molar-refractivity contribution in [3.05, 3.63) is 0 Å². The molecular formula is C6H12ClN3. The summed E-state index contributed by atoms with van der Waals surface area (Å²) in [6.07, 6.45) is 0. The van der Waals surface area contributed by atoms with Gasteiger partial charge in [0.05, 0.1) is 0 Å². The first-order valence-corrected chi connectivity index (χ1v) is 3.40. The third-order valence-electron chi connectivity index (χ3n) is 1.34. The maximum absolute atomic E-state index is 7.25. The van der Waals surface area contributed by atoms with Crippen molar-refractivity contribution in [3.63, 3.8) is 0 Å². The number of hydrogen-bond donors (Lipinski definition) is 2. The van der Waals surface area contributed by atoms with Crippen molar-refractivity contribution >= 4 is 22.6 Å². The number of hydrogen-bond acceptors (Lipinski definition) is 2. The van der Waals surface area contributed by atoms with Gasteiger partial charge in [-0.05, 0) is 13.8 Å². The normalized spacial score (nSPS) is 9.70. The summed E-state index contributed by atoms with van der Waals surface area (Å²) in [6.45, 7) is 3.88. The van der Waals surface area contributed by atoms with Crippen LogP contribution in [0.15, 0.2) is 0 Å². The lowest BCUT2D eigenvalue weighted by molar-refractivity contribution is 0.420. The van der Waals surface area contributed by atoms with Crippen molar-refractivity contribution in [1.29, 1.82) is 10.8 Å². The first kappa shape index (κ1) is 9.43. The van der Waals surface area contributed by atoms with Crippen LogP contribution < -0.4 is 0 Å². The summed E-state index contributed by atoms with van der Waals surface area (Å²) in [4.78, 5) is 1.63. The number of amidine groups is 1. The van der Waals surface area contributed by atoms with E-state index in [1.165, 1.54) is 0 Å². The molecule has 0 heterocycles. The van der Waals surface area contributed by atoms with Crippen LogP contribution in [-0.2, 0) is 0 Å². The summed E-state index contributed by atoms with van der Waals surface area (Å²) < 4.78 is 0. The molecule has 0 fully saturated rings. The van der Waals surface area contributed by atoms with Gasteiger partial charge >= 0.3 is 0 Å². The number of nitrogens with one attached hydrogen (secondary N) is 2. The Kier molecular flexibility index (Phi) is 3.36. The Bertz CT molecular complexity index is 153. The van der Waals surface area contributed by atoms with Gasteiger partial charge in [0.15, 0.2) is 11.0 Å². The molecule has 2 N–H and O–H groups in total. The molecule has 0 aromatic rings. The van der Waals surface area contributed by atoms with Crippen molar-refractivity contribution in [2.75, 3.05) is 7.05 Å². The summed E-state index contributed by atoms with van der Waals surface area (Å²) in [5.74, 6) is 0.0664. The molecule has 4 heteroatoms. The van der Waals surface area contributed by atoms with Gasteiger partial charge in [-0.25, -0.2) is 0 Å². The number of nitrogens with zero attached hydrogens (tertiary/aromatic N) is 1. The molecular weight excluding hydrogens is 150 g/mol. The molecule has 0 unspecified atom stereocenters. The Morgan fingerprint density at radius 1 is 1.40 bits per heavy atom. The van der Waals surface area contributed by atoms with Crippen LogP contribution in [0.1, 0.15) is 13.8 Å². The summed E-state index contributed by atoms with van der Waals surface area (Å²) in [5.41, 5.74) is 0. The van der Waals surface area contributed by atoms with E-state index in [1.54, 1.807) is 11.9 Å². The third-order valence-corrected chi connectivity index (χ3v) is 1.51. The van der Waals surface area contributed by atoms with E-state index in [-0.39, 0.29) is 17.0 Å². The molecule has 0 bridgehead atoms. The summed E-state index contributed by atoms with van der Waals surface area (Å²) in [6, 6.07) is 0.214. The van der Waals surface area contributed by atoms with Gasteiger partial charge in [-0.15, -0.1) is 0 Å². The van der Waals surface area contributed by atoms with Gasteiger partial charge in [0, 0.05) is 13.1 Å². The Balaban J connectivity index is 4.08. The number of halogens is 1. The van der Waals surface area contributed by atoms with E-state index in [0.29, 0.717) is 0 Å². The van der Waals surface area contributed by atoms with Gasteiger partial charge in [0.25, 0.3) is 0 Å². The molecule has 0 atom stereocenters. The highest BCUT2D eigenvalue weighted by Crippen LogP contribution is 1.97. The van der Waals surface area contributed by atoms with Gasteiger partial charge in [0.1, 0.15) is 0 Å². The van der Waals surface area contributed by atoms with Crippen LogP contribution in [0.2, 0.25) is 0 Å². The van der Waals surface area contributed by atoms with Crippen LogP contribution in [0.3, 0.4) is 0 Å². The van der Waals surface area contributed by atoms with E-state index in [2.05, 4.69) is 0 Å². The molecule has 3 nitrogen and oxygen atoms in total. The monoisotopic (exact) mass is 161 g/mol. The minimum absolute atomic E-state index is 0.0664.